The Kier molecular flexibility index (Phi) is 10.1. The molecule has 208 valence electrons. The van der Waals surface area contributed by atoms with Crippen LogP contribution in [0.4, 0.5) is 10.1 Å². The molecular weight excluding hydrogens is 521 g/mol. The third-order valence-electron chi connectivity index (χ3n) is 6.03. The first-order chi connectivity index (χ1) is 18.6. The SMILES string of the molecule is CC[C@@H](C(=O)NC(C)C)N(Cc1cccc(OC)c1)C(=O)CN(c1ccc(F)cc1)S(=O)(=O)c1ccccc1. The van der Waals surface area contributed by atoms with Crippen molar-refractivity contribution in [3.63, 3.8) is 0 Å². The summed E-state index contributed by atoms with van der Waals surface area (Å²) >= 11 is 0. The molecule has 0 aliphatic carbocycles. The number of nitrogens with one attached hydrogen (secondary N) is 1. The largest absolute Gasteiger partial charge is 0.497 e. The highest BCUT2D eigenvalue weighted by Crippen LogP contribution is 2.25. The van der Waals surface area contributed by atoms with E-state index in [9.17, 15) is 22.4 Å². The molecule has 0 radical (unpaired) electrons. The Bertz CT molecular complexity index is 1370. The number of carbonyl (C=O) groups is 2. The van der Waals surface area contributed by atoms with Crippen LogP contribution in [-0.4, -0.2) is 50.9 Å². The van der Waals surface area contributed by atoms with E-state index in [0.29, 0.717) is 17.7 Å². The molecule has 8 nitrogen and oxygen atoms in total. The molecule has 0 aliphatic rings. The van der Waals surface area contributed by atoms with Crippen LogP contribution in [0.5, 0.6) is 5.75 Å². The van der Waals surface area contributed by atoms with E-state index >= 15 is 0 Å². The van der Waals surface area contributed by atoms with Crippen molar-refractivity contribution in [2.45, 2.75) is 50.7 Å². The van der Waals surface area contributed by atoms with E-state index in [1.54, 1.807) is 49.4 Å². The number of rotatable bonds is 12. The molecule has 3 rings (SSSR count). The summed E-state index contributed by atoms with van der Waals surface area (Å²) in [5.74, 6) is -0.896. The fraction of sp³-hybridized carbons (Fsp3) is 0.310. The first-order valence-corrected chi connectivity index (χ1v) is 14.1. The lowest BCUT2D eigenvalue weighted by Crippen LogP contribution is -2.53. The zero-order valence-corrected chi connectivity index (χ0v) is 23.3. The summed E-state index contributed by atoms with van der Waals surface area (Å²) in [4.78, 5) is 28.5. The fourth-order valence-corrected chi connectivity index (χ4v) is 5.56. The van der Waals surface area contributed by atoms with Crippen LogP contribution in [0.1, 0.15) is 32.8 Å². The Hall–Kier alpha value is -3.92. The number of hydrogen-bond acceptors (Lipinski definition) is 5. The second-order valence-corrected chi connectivity index (χ2v) is 11.1. The summed E-state index contributed by atoms with van der Waals surface area (Å²) in [6.45, 7) is 4.87. The highest BCUT2D eigenvalue weighted by Gasteiger charge is 2.33. The molecule has 0 fully saturated rings. The summed E-state index contributed by atoms with van der Waals surface area (Å²) in [7, 11) is -2.68. The number of anilines is 1. The van der Waals surface area contributed by atoms with Gasteiger partial charge in [0.15, 0.2) is 0 Å². The number of carbonyl (C=O) groups excluding carboxylic acids is 2. The lowest BCUT2D eigenvalue weighted by Gasteiger charge is -2.33. The molecule has 1 atom stereocenters. The topological polar surface area (TPSA) is 96.0 Å². The molecule has 0 unspecified atom stereocenters. The van der Waals surface area contributed by atoms with Crippen LogP contribution in [0, 0.1) is 5.82 Å². The van der Waals surface area contributed by atoms with E-state index in [1.807, 2.05) is 13.8 Å². The minimum Gasteiger partial charge on any atom is -0.497 e. The number of nitrogens with zero attached hydrogens (tertiary/aromatic N) is 2. The van der Waals surface area contributed by atoms with Crippen molar-refractivity contribution in [2.75, 3.05) is 18.0 Å². The molecule has 0 heterocycles. The van der Waals surface area contributed by atoms with Gasteiger partial charge in [-0.25, -0.2) is 12.8 Å². The molecule has 3 aromatic rings. The Morgan fingerprint density at radius 3 is 2.23 bits per heavy atom. The van der Waals surface area contributed by atoms with Gasteiger partial charge in [0.2, 0.25) is 11.8 Å². The monoisotopic (exact) mass is 555 g/mol. The zero-order valence-electron chi connectivity index (χ0n) is 22.5. The van der Waals surface area contributed by atoms with Gasteiger partial charge in [-0.2, -0.15) is 0 Å². The molecule has 10 heteroatoms. The summed E-state index contributed by atoms with van der Waals surface area (Å²) in [6.07, 6.45) is 0.302. The third kappa shape index (κ3) is 7.57. The van der Waals surface area contributed by atoms with E-state index in [2.05, 4.69) is 5.32 Å². The Balaban J connectivity index is 2.05. The lowest BCUT2D eigenvalue weighted by molar-refractivity contribution is -0.140. The summed E-state index contributed by atoms with van der Waals surface area (Å²) in [5, 5.41) is 2.85. The summed E-state index contributed by atoms with van der Waals surface area (Å²) in [5.41, 5.74) is 0.826. The molecule has 0 aliphatic heterocycles. The Morgan fingerprint density at radius 2 is 1.64 bits per heavy atom. The summed E-state index contributed by atoms with van der Waals surface area (Å²) in [6, 6.07) is 18.6. The average molecular weight is 556 g/mol. The first-order valence-electron chi connectivity index (χ1n) is 12.6. The maximum absolute atomic E-state index is 14.0. The molecule has 0 saturated heterocycles. The van der Waals surface area contributed by atoms with E-state index in [0.717, 1.165) is 16.4 Å². The van der Waals surface area contributed by atoms with E-state index < -0.39 is 34.3 Å². The van der Waals surface area contributed by atoms with Crippen molar-refractivity contribution < 1.29 is 27.1 Å². The van der Waals surface area contributed by atoms with Crippen LogP contribution in [0.3, 0.4) is 0 Å². The molecule has 0 saturated carbocycles. The van der Waals surface area contributed by atoms with Crippen LogP contribution >= 0.6 is 0 Å². The number of sulfonamides is 1. The zero-order chi connectivity index (χ0) is 28.6. The average Bonchev–Trinajstić information content (AvgIpc) is 2.92. The molecule has 3 aromatic carbocycles. The lowest BCUT2D eigenvalue weighted by atomic mass is 10.1. The van der Waals surface area contributed by atoms with Crippen molar-refractivity contribution in [3.8, 4) is 5.75 Å². The second-order valence-electron chi connectivity index (χ2n) is 9.26. The molecule has 1 N–H and O–H groups in total. The predicted molar refractivity (Wildman–Crippen MR) is 148 cm³/mol. The van der Waals surface area contributed by atoms with Gasteiger partial charge >= 0.3 is 0 Å². The number of halogens is 1. The highest BCUT2D eigenvalue weighted by molar-refractivity contribution is 7.92. The van der Waals surface area contributed by atoms with Gasteiger partial charge in [-0.1, -0.05) is 37.3 Å². The maximum atomic E-state index is 14.0. The van der Waals surface area contributed by atoms with Gasteiger partial charge < -0.3 is 15.0 Å². The van der Waals surface area contributed by atoms with Gasteiger partial charge in [0.1, 0.15) is 24.2 Å². The maximum Gasteiger partial charge on any atom is 0.264 e. The molecule has 2 amide bonds. The molecule has 39 heavy (non-hydrogen) atoms. The number of hydrogen-bond donors (Lipinski definition) is 1. The Morgan fingerprint density at radius 1 is 0.974 bits per heavy atom. The number of benzene rings is 3. The van der Waals surface area contributed by atoms with Gasteiger partial charge in [-0.05, 0) is 74.4 Å². The summed E-state index contributed by atoms with van der Waals surface area (Å²) < 4.78 is 47.4. The van der Waals surface area contributed by atoms with Gasteiger partial charge in [-0.15, -0.1) is 0 Å². The van der Waals surface area contributed by atoms with Crippen molar-refractivity contribution in [3.05, 3.63) is 90.2 Å². The van der Waals surface area contributed by atoms with Crippen molar-refractivity contribution in [2.24, 2.45) is 0 Å². The van der Waals surface area contributed by atoms with Crippen molar-refractivity contribution in [1.29, 1.82) is 0 Å². The minimum absolute atomic E-state index is 0.0222. The molecule has 0 bridgehead atoms. The molecular formula is C29H34FN3O5S. The molecule has 0 spiro atoms. The van der Waals surface area contributed by atoms with Crippen molar-refractivity contribution >= 4 is 27.5 Å². The van der Waals surface area contributed by atoms with Gasteiger partial charge in [-0.3, -0.25) is 13.9 Å². The first kappa shape index (κ1) is 29.6. The number of amides is 2. The van der Waals surface area contributed by atoms with E-state index in [-0.39, 0.29) is 29.1 Å². The van der Waals surface area contributed by atoms with Crippen LogP contribution in [-0.2, 0) is 26.2 Å². The number of ether oxygens (including phenoxy) is 1. The van der Waals surface area contributed by atoms with E-state index in [4.69, 9.17) is 4.74 Å². The van der Waals surface area contributed by atoms with Gasteiger partial charge in [0.05, 0.1) is 17.7 Å². The van der Waals surface area contributed by atoms with Crippen LogP contribution < -0.4 is 14.4 Å². The molecule has 0 aromatic heterocycles. The van der Waals surface area contributed by atoms with E-state index in [1.165, 1.54) is 36.3 Å². The Labute approximate surface area is 229 Å². The van der Waals surface area contributed by atoms with Crippen LogP contribution in [0.15, 0.2) is 83.8 Å². The van der Waals surface area contributed by atoms with Gasteiger partial charge in [0, 0.05) is 12.6 Å². The van der Waals surface area contributed by atoms with Gasteiger partial charge in [0.25, 0.3) is 10.0 Å². The minimum atomic E-state index is -4.21. The second kappa shape index (κ2) is 13.2. The van der Waals surface area contributed by atoms with Crippen LogP contribution in [0.2, 0.25) is 0 Å². The third-order valence-corrected chi connectivity index (χ3v) is 7.82. The standard InChI is InChI=1S/C29H34FN3O5S/c1-5-27(29(35)31-21(2)3)32(19-22-10-9-11-25(18-22)38-4)28(34)20-33(24-16-14-23(30)15-17-24)39(36,37)26-12-7-6-8-13-26/h6-18,21,27H,5,19-20H2,1-4H3,(H,31,35)/t27-/m0/s1. The van der Waals surface area contributed by atoms with Crippen LogP contribution in [0.25, 0.3) is 0 Å². The normalized spacial score (nSPS) is 12.1. The highest BCUT2D eigenvalue weighted by atomic mass is 32.2. The van der Waals surface area contributed by atoms with Crippen molar-refractivity contribution in [1.82, 2.24) is 10.2 Å². The fourth-order valence-electron chi connectivity index (χ4n) is 4.12. The smallest absolute Gasteiger partial charge is 0.264 e. The number of methoxy groups -OCH3 is 1. The quantitative estimate of drug-likeness (QED) is 0.358. The predicted octanol–water partition coefficient (Wildman–Crippen LogP) is 4.36.